The van der Waals surface area contributed by atoms with E-state index in [-0.39, 0.29) is 24.4 Å². The number of benzene rings is 2. The SMILES string of the molecule is CC[C@H](C)NC(=O)[C@H](CC)N(Cc1cccc(OC)c1)C(=O)CN(c1ccccc1C(C)C)S(C)(=O)=O. The molecule has 2 aromatic carbocycles. The van der Waals surface area contributed by atoms with Crippen LogP contribution in [0.2, 0.25) is 0 Å². The van der Waals surface area contributed by atoms with Crippen molar-refractivity contribution in [2.75, 3.05) is 24.2 Å². The Hall–Kier alpha value is -3.07. The Kier molecular flexibility index (Phi) is 11.0. The van der Waals surface area contributed by atoms with E-state index in [1.165, 1.54) is 4.90 Å². The van der Waals surface area contributed by atoms with Crippen LogP contribution in [-0.4, -0.2) is 57.1 Å². The minimum atomic E-state index is -3.80. The van der Waals surface area contributed by atoms with Crippen LogP contribution in [0.4, 0.5) is 5.69 Å². The summed E-state index contributed by atoms with van der Waals surface area (Å²) < 4.78 is 32.3. The summed E-state index contributed by atoms with van der Waals surface area (Å²) in [5.74, 6) is -0.0432. The smallest absolute Gasteiger partial charge is 0.244 e. The Morgan fingerprint density at radius 1 is 1.00 bits per heavy atom. The van der Waals surface area contributed by atoms with Crippen LogP contribution in [0.3, 0.4) is 0 Å². The number of carbonyl (C=O) groups excluding carboxylic acids is 2. The quantitative estimate of drug-likeness (QED) is 0.416. The van der Waals surface area contributed by atoms with Crippen molar-refractivity contribution in [3.05, 3.63) is 59.7 Å². The second kappa shape index (κ2) is 13.5. The molecule has 9 heteroatoms. The first kappa shape index (κ1) is 30.2. The number of anilines is 1. The number of carbonyl (C=O) groups is 2. The minimum Gasteiger partial charge on any atom is -0.497 e. The van der Waals surface area contributed by atoms with E-state index in [4.69, 9.17) is 4.74 Å². The summed E-state index contributed by atoms with van der Waals surface area (Å²) in [7, 11) is -2.23. The van der Waals surface area contributed by atoms with Gasteiger partial charge in [-0.2, -0.15) is 0 Å². The first-order valence-corrected chi connectivity index (χ1v) is 14.6. The van der Waals surface area contributed by atoms with Crippen LogP contribution >= 0.6 is 0 Å². The molecule has 0 aliphatic carbocycles. The molecular weight excluding hydrogens is 490 g/mol. The molecule has 0 aliphatic rings. The molecule has 0 radical (unpaired) electrons. The lowest BCUT2D eigenvalue weighted by Crippen LogP contribution is -2.53. The highest BCUT2D eigenvalue weighted by Crippen LogP contribution is 2.29. The Morgan fingerprint density at radius 2 is 1.68 bits per heavy atom. The van der Waals surface area contributed by atoms with E-state index in [0.29, 0.717) is 17.9 Å². The zero-order valence-electron chi connectivity index (χ0n) is 23.0. The van der Waals surface area contributed by atoms with Gasteiger partial charge in [0.05, 0.1) is 19.1 Å². The number of methoxy groups -OCH3 is 1. The third-order valence-corrected chi connectivity index (χ3v) is 7.51. The number of ether oxygens (including phenoxy) is 1. The van der Waals surface area contributed by atoms with E-state index >= 15 is 0 Å². The molecule has 1 N–H and O–H groups in total. The predicted molar refractivity (Wildman–Crippen MR) is 148 cm³/mol. The zero-order valence-corrected chi connectivity index (χ0v) is 23.8. The van der Waals surface area contributed by atoms with Gasteiger partial charge >= 0.3 is 0 Å². The highest BCUT2D eigenvalue weighted by atomic mass is 32.2. The molecule has 0 heterocycles. The molecule has 0 bridgehead atoms. The van der Waals surface area contributed by atoms with Gasteiger partial charge in [0.1, 0.15) is 18.3 Å². The standard InChI is InChI=1S/C28H41N3O5S/c1-8-21(5)29-28(33)25(9-2)30(18-22-13-12-14-23(17-22)36-6)27(32)19-31(37(7,34)35)26-16-11-10-15-24(26)20(3)4/h10-17,20-21,25H,8-9,18-19H2,1-7H3,(H,29,33)/t21-,25-/m0/s1. The van der Waals surface area contributed by atoms with Crippen molar-refractivity contribution >= 4 is 27.5 Å². The predicted octanol–water partition coefficient (Wildman–Crippen LogP) is 4.31. The first-order chi connectivity index (χ1) is 17.4. The van der Waals surface area contributed by atoms with Gasteiger partial charge in [-0.05, 0) is 55.0 Å². The fourth-order valence-electron chi connectivity index (χ4n) is 4.13. The monoisotopic (exact) mass is 531 g/mol. The topological polar surface area (TPSA) is 96.0 Å². The van der Waals surface area contributed by atoms with Crippen LogP contribution in [0.5, 0.6) is 5.75 Å². The summed E-state index contributed by atoms with van der Waals surface area (Å²) in [4.78, 5) is 28.6. The third-order valence-electron chi connectivity index (χ3n) is 6.38. The van der Waals surface area contributed by atoms with Crippen molar-refractivity contribution in [1.29, 1.82) is 0 Å². The fraction of sp³-hybridized carbons (Fsp3) is 0.500. The van der Waals surface area contributed by atoms with E-state index in [2.05, 4.69) is 5.32 Å². The maximum Gasteiger partial charge on any atom is 0.244 e. The van der Waals surface area contributed by atoms with Gasteiger partial charge in [0, 0.05) is 12.6 Å². The second-order valence-electron chi connectivity index (χ2n) is 9.60. The van der Waals surface area contributed by atoms with Crippen LogP contribution in [0.15, 0.2) is 48.5 Å². The Labute approximate surface area is 222 Å². The maximum atomic E-state index is 13.9. The number of nitrogens with zero attached hydrogens (tertiary/aromatic N) is 2. The van der Waals surface area contributed by atoms with Gasteiger partial charge in [-0.15, -0.1) is 0 Å². The van der Waals surface area contributed by atoms with Crippen molar-refractivity contribution in [1.82, 2.24) is 10.2 Å². The molecule has 0 fully saturated rings. The number of sulfonamides is 1. The van der Waals surface area contributed by atoms with E-state index in [0.717, 1.165) is 28.1 Å². The maximum absolute atomic E-state index is 13.9. The lowest BCUT2D eigenvalue weighted by molar-refractivity contribution is -0.140. The summed E-state index contributed by atoms with van der Waals surface area (Å²) >= 11 is 0. The van der Waals surface area contributed by atoms with Gasteiger partial charge in [-0.3, -0.25) is 13.9 Å². The minimum absolute atomic E-state index is 0.0492. The lowest BCUT2D eigenvalue weighted by atomic mass is 10.0. The largest absolute Gasteiger partial charge is 0.497 e. The van der Waals surface area contributed by atoms with Crippen molar-refractivity contribution in [2.24, 2.45) is 0 Å². The number of hydrogen-bond acceptors (Lipinski definition) is 5. The van der Waals surface area contributed by atoms with Crippen molar-refractivity contribution < 1.29 is 22.7 Å². The summed E-state index contributed by atoms with van der Waals surface area (Å²) in [6.45, 7) is 9.39. The summed E-state index contributed by atoms with van der Waals surface area (Å²) in [6.07, 6.45) is 2.22. The number of rotatable bonds is 13. The Morgan fingerprint density at radius 3 is 2.24 bits per heavy atom. The molecular formula is C28H41N3O5S. The van der Waals surface area contributed by atoms with Crippen molar-refractivity contribution in [3.8, 4) is 5.75 Å². The summed E-state index contributed by atoms with van der Waals surface area (Å²) in [5, 5.41) is 2.97. The van der Waals surface area contributed by atoms with Crippen LogP contribution in [-0.2, 0) is 26.2 Å². The van der Waals surface area contributed by atoms with Crippen LogP contribution in [0.25, 0.3) is 0 Å². The molecule has 204 valence electrons. The molecule has 0 aliphatic heterocycles. The summed E-state index contributed by atoms with van der Waals surface area (Å²) in [6, 6.07) is 13.6. The molecule has 2 rings (SSSR count). The lowest BCUT2D eigenvalue weighted by Gasteiger charge is -2.34. The molecule has 0 saturated carbocycles. The average Bonchev–Trinajstić information content (AvgIpc) is 2.86. The molecule has 2 aromatic rings. The molecule has 0 unspecified atom stereocenters. The van der Waals surface area contributed by atoms with Gasteiger partial charge in [-0.25, -0.2) is 8.42 Å². The Balaban J connectivity index is 2.52. The van der Waals surface area contributed by atoms with Crippen LogP contribution < -0.4 is 14.4 Å². The molecule has 0 spiro atoms. The van der Waals surface area contributed by atoms with Gasteiger partial charge in [-0.1, -0.05) is 58.0 Å². The van der Waals surface area contributed by atoms with E-state index in [9.17, 15) is 18.0 Å². The van der Waals surface area contributed by atoms with Crippen molar-refractivity contribution in [3.63, 3.8) is 0 Å². The number of para-hydroxylation sites is 1. The molecule has 0 saturated heterocycles. The van der Waals surface area contributed by atoms with Crippen molar-refractivity contribution in [2.45, 2.75) is 72.0 Å². The highest BCUT2D eigenvalue weighted by molar-refractivity contribution is 7.92. The zero-order chi connectivity index (χ0) is 27.8. The third kappa shape index (κ3) is 8.21. The van der Waals surface area contributed by atoms with Crippen LogP contribution in [0.1, 0.15) is 64.5 Å². The van der Waals surface area contributed by atoms with Gasteiger partial charge in [0.15, 0.2) is 0 Å². The molecule has 37 heavy (non-hydrogen) atoms. The van der Waals surface area contributed by atoms with E-state index < -0.39 is 28.5 Å². The number of amides is 2. The van der Waals surface area contributed by atoms with Gasteiger partial charge in [0.2, 0.25) is 21.8 Å². The number of nitrogens with one attached hydrogen (secondary N) is 1. The van der Waals surface area contributed by atoms with Crippen LogP contribution in [0, 0.1) is 0 Å². The molecule has 0 aromatic heterocycles. The van der Waals surface area contributed by atoms with Gasteiger partial charge in [0.25, 0.3) is 0 Å². The van der Waals surface area contributed by atoms with E-state index in [1.54, 1.807) is 25.3 Å². The fourth-order valence-corrected chi connectivity index (χ4v) is 4.99. The second-order valence-corrected chi connectivity index (χ2v) is 11.5. The number of hydrogen-bond donors (Lipinski definition) is 1. The summed E-state index contributed by atoms with van der Waals surface area (Å²) in [5.41, 5.74) is 2.06. The molecule has 8 nitrogen and oxygen atoms in total. The van der Waals surface area contributed by atoms with E-state index in [1.807, 2.05) is 65.0 Å². The molecule has 2 atom stereocenters. The highest BCUT2D eigenvalue weighted by Gasteiger charge is 2.32. The average molecular weight is 532 g/mol. The van der Waals surface area contributed by atoms with Gasteiger partial charge < -0.3 is 15.0 Å². The normalized spacial score (nSPS) is 13.1. The first-order valence-electron chi connectivity index (χ1n) is 12.7. The Bertz CT molecular complexity index is 1170. The molecule has 2 amide bonds.